The van der Waals surface area contributed by atoms with Gasteiger partial charge in [0.25, 0.3) is 0 Å². The van der Waals surface area contributed by atoms with Crippen molar-refractivity contribution in [3.8, 4) is 5.75 Å². The van der Waals surface area contributed by atoms with Gasteiger partial charge in [0.05, 0.1) is 17.4 Å². The fourth-order valence-electron chi connectivity index (χ4n) is 3.48. The zero-order valence-electron chi connectivity index (χ0n) is 14.7. The molecule has 5 nitrogen and oxygen atoms in total. The summed E-state index contributed by atoms with van der Waals surface area (Å²) in [5.41, 5.74) is 4.20. The Kier molecular flexibility index (Phi) is 4.21. The third-order valence-corrected chi connectivity index (χ3v) is 5.01. The number of nitrogens with zero attached hydrogens (tertiary/aromatic N) is 3. The highest BCUT2D eigenvalue weighted by Gasteiger charge is 2.24. The molecule has 2 heterocycles. The molecule has 1 amide bonds. The van der Waals surface area contributed by atoms with E-state index in [4.69, 9.17) is 0 Å². The highest BCUT2D eigenvalue weighted by atomic mass is 16.3. The minimum absolute atomic E-state index is 0.106. The Morgan fingerprint density at radius 1 is 1.15 bits per heavy atom. The van der Waals surface area contributed by atoms with Crippen LogP contribution in [0.5, 0.6) is 5.75 Å². The molecule has 4 rings (SSSR count). The Morgan fingerprint density at radius 3 is 2.65 bits per heavy atom. The van der Waals surface area contributed by atoms with Crippen molar-refractivity contribution in [3.63, 3.8) is 0 Å². The van der Waals surface area contributed by atoms with E-state index in [1.54, 1.807) is 18.5 Å². The van der Waals surface area contributed by atoms with Gasteiger partial charge in [-0.3, -0.25) is 4.79 Å². The zero-order valence-corrected chi connectivity index (χ0v) is 14.7. The van der Waals surface area contributed by atoms with Crippen LogP contribution in [-0.2, 0) is 4.79 Å². The van der Waals surface area contributed by atoms with Crippen LogP contribution in [0.3, 0.4) is 0 Å². The van der Waals surface area contributed by atoms with Crippen molar-refractivity contribution in [2.45, 2.75) is 19.4 Å². The number of rotatable bonds is 3. The van der Waals surface area contributed by atoms with Crippen molar-refractivity contribution in [3.05, 3.63) is 66.5 Å². The average molecular weight is 347 g/mol. The number of hydrogen-bond acceptors (Lipinski definition) is 3. The monoisotopic (exact) mass is 347 g/mol. The average Bonchev–Trinajstić information content (AvgIpc) is 3.12. The van der Waals surface area contributed by atoms with Crippen LogP contribution in [0, 0.1) is 0 Å². The second-order valence-electron chi connectivity index (χ2n) is 6.63. The van der Waals surface area contributed by atoms with Gasteiger partial charge in [-0.1, -0.05) is 30.3 Å². The summed E-state index contributed by atoms with van der Waals surface area (Å²) in [7, 11) is 0. The summed E-state index contributed by atoms with van der Waals surface area (Å²) in [6, 6.07) is 14.8. The number of carbonyl (C=O) groups excluding carboxylic acids is 1. The van der Waals surface area contributed by atoms with Crippen LogP contribution in [0.1, 0.15) is 24.9 Å². The first-order valence-electron chi connectivity index (χ1n) is 8.82. The minimum atomic E-state index is -0.286. The van der Waals surface area contributed by atoms with Crippen molar-refractivity contribution in [2.75, 3.05) is 13.1 Å². The molecule has 2 aromatic carbocycles. The van der Waals surface area contributed by atoms with E-state index in [1.807, 2.05) is 52.8 Å². The topological polar surface area (TPSA) is 58.4 Å². The normalized spacial score (nSPS) is 15.7. The van der Waals surface area contributed by atoms with Crippen molar-refractivity contribution in [2.24, 2.45) is 0 Å². The van der Waals surface area contributed by atoms with Gasteiger partial charge in [-0.15, -0.1) is 0 Å². The van der Waals surface area contributed by atoms with Gasteiger partial charge in [0, 0.05) is 13.1 Å². The van der Waals surface area contributed by atoms with E-state index in [-0.39, 0.29) is 17.7 Å². The highest BCUT2D eigenvalue weighted by molar-refractivity contribution is 5.84. The lowest BCUT2D eigenvalue weighted by molar-refractivity contribution is -0.133. The van der Waals surface area contributed by atoms with Gasteiger partial charge < -0.3 is 14.6 Å². The minimum Gasteiger partial charge on any atom is -0.508 e. The quantitative estimate of drug-likeness (QED) is 0.787. The number of aromatic nitrogens is 2. The molecule has 1 aliphatic rings. The lowest BCUT2D eigenvalue weighted by atomic mass is 9.99. The number of hydrogen-bond donors (Lipinski definition) is 1. The number of phenols is 1. The number of phenolic OH excluding ortho intramolecular Hbond substituents is 1. The van der Waals surface area contributed by atoms with Crippen LogP contribution in [0.15, 0.2) is 60.9 Å². The fraction of sp³-hybridized carbons (Fsp3) is 0.238. The van der Waals surface area contributed by atoms with Gasteiger partial charge in [0.15, 0.2) is 0 Å². The van der Waals surface area contributed by atoms with E-state index in [0.717, 1.165) is 23.0 Å². The molecule has 1 unspecified atom stereocenters. The molecular formula is C21H21N3O2. The molecule has 5 heteroatoms. The summed E-state index contributed by atoms with van der Waals surface area (Å²) in [6.07, 6.45) is 4.66. The number of benzene rings is 2. The van der Waals surface area contributed by atoms with Gasteiger partial charge in [0.1, 0.15) is 11.8 Å². The van der Waals surface area contributed by atoms with E-state index in [1.165, 1.54) is 5.57 Å². The van der Waals surface area contributed by atoms with Crippen molar-refractivity contribution < 1.29 is 9.90 Å². The Labute approximate surface area is 152 Å². The summed E-state index contributed by atoms with van der Waals surface area (Å²) in [5.74, 6) is 0.373. The van der Waals surface area contributed by atoms with E-state index >= 15 is 0 Å². The maximum absolute atomic E-state index is 12.9. The Bertz CT molecular complexity index is 972. The SMILES string of the molecule is CC(C(=O)N1CC=C(c2ccc(O)cc2)CC1)n1cnc2ccccc21. The van der Waals surface area contributed by atoms with Crippen LogP contribution >= 0.6 is 0 Å². The van der Waals surface area contributed by atoms with Crippen LogP contribution < -0.4 is 0 Å². The van der Waals surface area contributed by atoms with Gasteiger partial charge in [-0.2, -0.15) is 0 Å². The maximum Gasteiger partial charge on any atom is 0.245 e. The first-order valence-corrected chi connectivity index (χ1v) is 8.82. The number of para-hydroxylation sites is 2. The van der Waals surface area contributed by atoms with E-state index in [9.17, 15) is 9.90 Å². The molecule has 0 radical (unpaired) electrons. The zero-order chi connectivity index (χ0) is 18.1. The smallest absolute Gasteiger partial charge is 0.245 e. The Hall–Kier alpha value is -3.08. The molecule has 1 aromatic heterocycles. The Balaban J connectivity index is 1.50. The van der Waals surface area contributed by atoms with Crippen molar-refractivity contribution in [1.29, 1.82) is 0 Å². The van der Waals surface area contributed by atoms with E-state index in [0.29, 0.717) is 13.1 Å². The largest absolute Gasteiger partial charge is 0.508 e. The molecule has 0 aliphatic carbocycles. The first-order chi connectivity index (χ1) is 12.6. The van der Waals surface area contributed by atoms with E-state index in [2.05, 4.69) is 11.1 Å². The summed E-state index contributed by atoms with van der Waals surface area (Å²) in [4.78, 5) is 19.2. The lowest BCUT2D eigenvalue weighted by Crippen LogP contribution is -2.38. The van der Waals surface area contributed by atoms with Gasteiger partial charge >= 0.3 is 0 Å². The lowest BCUT2D eigenvalue weighted by Gasteiger charge is -2.29. The predicted molar refractivity (Wildman–Crippen MR) is 102 cm³/mol. The molecule has 1 atom stereocenters. The fourth-order valence-corrected chi connectivity index (χ4v) is 3.48. The van der Waals surface area contributed by atoms with Crippen LogP contribution in [0.2, 0.25) is 0 Å². The summed E-state index contributed by atoms with van der Waals surface area (Å²) in [6.45, 7) is 3.23. The molecule has 3 aromatic rings. The second-order valence-corrected chi connectivity index (χ2v) is 6.63. The predicted octanol–water partition coefficient (Wildman–Crippen LogP) is 3.62. The molecule has 132 valence electrons. The summed E-state index contributed by atoms with van der Waals surface area (Å²) < 4.78 is 1.94. The highest BCUT2D eigenvalue weighted by Crippen LogP contribution is 2.26. The number of aromatic hydroxyl groups is 1. The molecule has 1 N–H and O–H groups in total. The van der Waals surface area contributed by atoms with Crippen LogP contribution in [0.4, 0.5) is 0 Å². The molecular weight excluding hydrogens is 326 g/mol. The maximum atomic E-state index is 12.9. The standard InChI is InChI=1S/C21H21N3O2/c1-15(24-14-22-19-4-2-3-5-20(19)24)21(26)23-12-10-17(11-13-23)16-6-8-18(25)9-7-16/h2-10,14-15,25H,11-13H2,1H3. The van der Waals surface area contributed by atoms with E-state index < -0.39 is 0 Å². The van der Waals surface area contributed by atoms with Gasteiger partial charge in [-0.25, -0.2) is 4.98 Å². The molecule has 0 saturated heterocycles. The third-order valence-electron chi connectivity index (χ3n) is 5.01. The van der Waals surface area contributed by atoms with Crippen LogP contribution in [-0.4, -0.2) is 38.6 Å². The third kappa shape index (κ3) is 2.96. The van der Waals surface area contributed by atoms with Gasteiger partial charge in [-0.05, 0) is 48.7 Å². The molecule has 0 saturated carbocycles. The van der Waals surface area contributed by atoms with Crippen LogP contribution in [0.25, 0.3) is 16.6 Å². The Morgan fingerprint density at radius 2 is 1.92 bits per heavy atom. The molecule has 0 fully saturated rings. The molecule has 26 heavy (non-hydrogen) atoms. The number of carbonyl (C=O) groups is 1. The summed E-state index contributed by atoms with van der Waals surface area (Å²) in [5, 5.41) is 9.42. The first kappa shape index (κ1) is 16.4. The molecule has 0 bridgehead atoms. The summed E-state index contributed by atoms with van der Waals surface area (Å²) >= 11 is 0. The number of imidazole rings is 1. The van der Waals surface area contributed by atoms with Gasteiger partial charge in [0.2, 0.25) is 5.91 Å². The van der Waals surface area contributed by atoms with Crippen molar-refractivity contribution >= 4 is 22.5 Å². The number of amides is 1. The molecule has 1 aliphatic heterocycles. The second kappa shape index (κ2) is 6.67. The number of fused-ring (bicyclic) bond motifs is 1. The molecule has 0 spiro atoms. The van der Waals surface area contributed by atoms with Crippen molar-refractivity contribution in [1.82, 2.24) is 14.5 Å².